The fourth-order valence-corrected chi connectivity index (χ4v) is 2.34. The Morgan fingerprint density at radius 2 is 1.78 bits per heavy atom. The predicted octanol–water partition coefficient (Wildman–Crippen LogP) is 3.30. The van der Waals surface area contributed by atoms with Gasteiger partial charge in [0.25, 0.3) is 0 Å². The molecule has 1 aromatic carbocycles. The number of benzene rings is 1. The Labute approximate surface area is 134 Å². The van der Waals surface area contributed by atoms with Gasteiger partial charge in [0.2, 0.25) is 0 Å². The van der Waals surface area contributed by atoms with Crippen molar-refractivity contribution in [2.24, 2.45) is 5.73 Å². The van der Waals surface area contributed by atoms with E-state index in [9.17, 15) is 18.0 Å². The molecule has 3 N–H and O–H groups in total. The number of carbonyl (C=O) groups is 1. The van der Waals surface area contributed by atoms with E-state index in [1.165, 1.54) is 30.3 Å². The highest BCUT2D eigenvalue weighted by molar-refractivity contribution is 6.30. The van der Waals surface area contributed by atoms with E-state index < -0.39 is 29.8 Å². The Morgan fingerprint density at radius 1 is 1.17 bits per heavy atom. The molecule has 8 heteroatoms. The third-order valence-electron chi connectivity index (χ3n) is 3.31. The van der Waals surface area contributed by atoms with E-state index in [1.54, 1.807) is 0 Å². The van der Waals surface area contributed by atoms with E-state index in [0.717, 1.165) is 12.3 Å². The molecule has 0 aliphatic carbocycles. The molecule has 0 fully saturated rings. The molecule has 0 aliphatic heterocycles. The summed E-state index contributed by atoms with van der Waals surface area (Å²) in [7, 11) is 0. The lowest BCUT2D eigenvalue weighted by molar-refractivity contribution is -0.141. The van der Waals surface area contributed by atoms with Crippen molar-refractivity contribution in [2.75, 3.05) is 0 Å². The van der Waals surface area contributed by atoms with Gasteiger partial charge in [0.1, 0.15) is 11.7 Å². The number of hydrogen-bond acceptors (Lipinski definition) is 3. The third kappa shape index (κ3) is 4.00. The molecule has 2 rings (SSSR count). The van der Waals surface area contributed by atoms with Gasteiger partial charge in [0.05, 0.1) is 0 Å². The zero-order valence-corrected chi connectivity index (χ0v) is 12.3. The minimum absolute atomic E-state index is 0.115. The highest BCUT2D eigenvalue weighted by Gasteiger charge is 2.34. The molecular formula is C15H12ClF3N2O2. The first-order valence-electron chi connectivity index (χ1n) is 6.47. The van der Waals surface area contributed by atoms with Crippen molar-refractivity contribution in [2.45, 2.75) is 18.1 Å². The summed E-state index contributed by atoms with van der Waals surface area (Å²) >= 11 is 5.78. The number of halogens is 4. The van der Waals surface area contributed by atoms with Crippen molar-refractivity contribution in [3.8, 4) is 0 Å². The molecule has 2 aromatic rings. The molecule has 122 valence electrons. The van der Waals surface area contributed by atoms with Crippen LogP contribution in [-0.4, -0.2) is 22.1 Å². The molecule has 0 amide bonds. The van der Waals surface area contributed by atoms with E-state index in [4.69, 9.17) is 22.4 Å². The first kappa shape index (κ1) is 17.2. The topological polar surface area (TPSA) is 76.2 Å². The van der Waals surface area contributed by atoms with Gasteiger partial charge in [0.15, 0.2) is 0 Å². The largest absolute Gasteiger partial charge is 0.480 e. The second-order valence-corrected chi connectivity index (χ2v) is 5.30. The van der Waals surface area contributed by atoms with Crippen molar-refractivity contribution in [1.29, 1.82) is 0 Å². The molecule has 0 aliphatic rings. The van der Waals surface area contributed by atoms with Gasteiger partial charge in [-0.05, 0) is 35.4 Å². The molecule has 0 unspecified atom stereocenters. The Bertz CT molecular complexity index is 705. The maximum Gasteiger partial charge on any atom is 0.433 e. The lowest BCUT2D eigenvalue weighted by Crippen LogP contribution is -2.37. The zero-order chi connectivity index (χ0) is 17.2. The normalized spacial score (nSPS) is 14.3. The van der Waals surface area contributed by atoms with Gasteiger partial charge in [-0.2, -0.15) is 13.2 Å². The maximum atomic E-state index is 12.8. The number of carboxylic acids is 1. The monoisotopic (exact) mass is 344 g/mol. The third-order valence-corrected chi connectivity index (χ3v) is 3.56. The van der Waals surface area contributed by atoms with Gasteiger partial charge in [-0.15, -0.1) is 0 Å². The molecular weight excluding hydrogens is 333 g/mol. The second-order valence-electron chi connectivity index (χ2n) is 4.87. The summed E-state index contributed by atoms with van der Waals surface area (Å²) in [6.07, 6.45) is -3.65. The number of aliphatic carboxylic acids is 1. The van der Waals surface area contributed by atoms with Crippen LogP contribution in [0.1, 0.15) is 22.7 Å². The zero-order valence-electron chi connectivity index (χ0n) is 11.6. The van der Waals surface area contributed by atoms with Crippen molar-refractivity contribution in [1.82, 2.24) is 4.98 Å². The predicted molar refractivity (Wildman–Crippen MR) is 78.1 cm³/mol. The fourth-order valence-electron chi connectivity index (χ4n) is 2.22. The van der Waals surface area contributed by atoms with Crippen LogP contribution in [0.15, 0.2) is 42.6 Å². The molecule has 0 saturated heterocycles. The Morgan fingerprint density at radius 3 is 2.30 bits per heavy atom. The molecule has 2 atom stereocenters. The van der Waals surface area contributed by atoms with Crippen molar-refractivity contribution in [3.05, 3.63) is 64.4 Å². The van der Waals surface area contributed by atoms with Crippen LogP contribution >= 0.6 is 11.6 Å². The number of rotatable bonds is 4. The van der Waals surface area contributed by atoms with E-state index in [0.29, 0.717) is 10.6 Å². The number of nitrogens with two attached hydrogens (primary N) is 1. The first-order valence-corrected chi connectivity index (χ1v) is 6.85. The van der Waals surface area contributed by atoms with Gasteiger partial charge in [-0.1, -0.05) is 23.7 Å². The van der Waals surface area contributed by atoms with Crippen LogP contribution in [-0.2, 0) is 11.0 Å². The lowest BCUT2D eigenvalue weighted by atomic mass is 9.85. The number of aromatic nitrogens is 1. The number of hydrogen-bond donors (Lipinski definition) is 2. The molecule has 1 heterocycles. The van der Waals surface area contributed by atoms with Gasteiger partial charge in [-0.3, -0.25) is 9.78 Å². The summed E-state index contributed by atoms with van der Waals surface area (Å²) in [4.78, 5) is 14.5. The minimum atomic E-state index is -4.63. The minimum Gasteiger partial charge on any atom is -0.480 e. The highest BCUT2D eigenvalue weighted by Crippen LogP contribution is 2.33. The Balaban J connectivity index is 2.54. The van der Waals surface area contributed by atoms with E-state index >= 15 is 0 Å². The quantitative estimate of drug-likeness (QED) is 0.892. The maximum absolute atomic E-state index is 12.8. The van der Waals surface area contributed by atoms with Gasteiger partial charge >= 0.3 is 12.1 Å². The average Bonchev–Trinajstić information content (AvgIpc) is 2.49. The van der Waals surface area contributed by atoms with E-state index in [2.05, 4.69) is 4.98 Å². The number of nitrogens with zero attached hydrogens (tertiary/aromatic N) is 1. The van der Waals surface area contributed by atoms with Crippen LogP contribution < -0.4 is 5.73 Å². The van der Waals surface area contributed by atoms with Crippen LogP contribution in [0.3, 0.4) is 0 Å². The summed E-state index contributed by atoms with van der Waals surface area (Å²) in [6, 6.07) is 6.81. The summed E-state index contributed by atoms with van der Waals surface area (Å²) in [5.41, 5.74) is 5.15. The summed E-state index contributed by atoms with van der Waals surface area (Å²) in [5, 5.41) is 9.59. The Kier molecular flexibility index (Phi) is 4.91. The molecule has 0 saturated carbocycles. The van der Waals surface area contributed by atoms with E-state index in [1.807, 2.05) is 0 Å². The standard InChI is InChI=1S/C15H12ClF3N2O2/c16-10-3-1-8(2-4-10)12(13(20)14(22)23)9-5-6-21-11(7-9)15(17,18)19/h1-7,12-13H,20H2,(H,22,23)/t12-,13-/m0/s1. The number of pyridine rings is 1. The van der Waals surface area contributed by atoms with Crippen LogP contribution in [0, 0.1) is 0 Å². The summed E-state index contributed by atoms with van der Waals surface area (Å²) in [5.74, 6) is -2.29. The molecule has 23 heavy (non-hydrogen) atoms. The summed E-state index contributed by atoms with van der Waals surface area (Å²) < 4.78 is 38.5. The highest BCUT2D eigenvalue weighted by atomic mass is 35.5. The molecule has 1 aromatic heterocycles. The van der Waals surface area contributed by atoms with E-state index in [-0.39, 0.29) is 5.56 Å². The first-order chi connectivity index (χ1) is 10.7. The smallest absolute Gasteiger partial charge is 0.433 e. The second kappa shape index (κ2) is 6.55. The van der Waals surface area contributed by atoms with Crippen LogP contribution in [0.4, 0.5) is 13.2 Å². The van der Waals surface area contributed by atoms with Crippen LogP contribution in [0.25, 0.3) is 0 Å². The van der Waals surface area contributed by atoms with Crippen molar-refractivity contribution >= 4 is 17.6 Å². The molecule has 0 radical (unpaired) electrons. The molecule has 0 spiro atoms. The molecule has 0 bridgehead atoms. The Hall–Kier alpha value is -2.12. The van der Waals surface area contributed by atoms with Crippen molar-refractivity contribution in [3.63, 3.8) is 0 Å². The fraction of sp³-hybridized carbons (Fsp3) is 0.200. The number of alkyl halides is 3. The number of carboxylic acid groups (broad SMARTS) is 1. The lowest BCUT2D eigenvalue weighted by Gasteiger charge is -2.22. The van der Waals surface area contributed by atoms with Crippen LogP contribution in [0.5, 0.6) is 0 Å². The van der Waals surface area contributed by atoms with Gasteiger partial charge in [0, 0.05) is 17.1 Å². The molecule has 4 nitrogen and oxygen atoms in total. The van der Waals surface area contributed by atoms with Gasteiger partial charge in [-0.25, -0.2) is 0 Å². The average molecular weight is 345 g/mol. The van der Waals surface area contributed by atoms with Gasteiger partial charge < -0.3 is 10.8 Å². The van der Waals surface area contributed by atoms with Crippen molar-refractivity contribution < 1.29 is 23.1 Å². The SMILES string of the molecule is N[C@H](C(=O)O)[C@@H](c1ccc(Cl)cc1)c1ccnc(C(F)(F)F)c1. The summed E-state index contributed by atoms with van der Waals surface area (Å²) in [6.45, 7) is 0. The van der Waals surface area contributed by atoms with Crippen LogP contribution in [0.2, 0.25) is 5.02 Å².